The summed E-state index contributed by atoms with van der Waals surface area (Å²) in [5.74, 6) is 1.74. The van der Waals surface area contributed by atoms with Crippen LogP contribution in [0.4, 0.5) is 5.82 Å². The maximum Gasteiger partial charge on any atom is 0.254 e. The normalized spacial score (nSPS) is 34.1. The van der Waals surface area contributed by atoms with E-state index < -0.39 is 6.10 Å². The van der Waals surface area contributed by atoms with E-state index in [1.807, 2.05) is 4.90 Å². The highest BCUT2D eigenvalue weighted by Gasteiger charge is 2.44. The molecule has 4 rings (SSSR count). The molecule has 25 heavy (non-hydrogen) atoms. The zero-order valence-corrected chi connectivity index (χ0v) is 14.4. The molecule has 7 nitrogen and oxygen atoms in total. The summed E-state index contributed by atoms with van der Waals surface area (Å²) in [6.45, 7) is 3.59. The smallest absolute Gasteiger partial charge is 0.254 e. The van der Waals surface area contributed by atoms with Crippen LogP contribution < -0.4 is 5.32 Å². The Morgan fingerprint density at radius 2 is 2.12 bits per heavy atom. The Labute approximate surface area is 147 Å². The standard InChI is InChI=1S/C18H24N4O3/c1-11-6-13(7-11)18(24)22-5-2-12-8-14(25-15(12)10-22)17(23)21-16-9-19-3-4-20-16/h3-4,9,11-15H,2,5-8,10H2,1H3,(H,20,21,23)/t11?,12-,13?,14-,15+/m0/s1. The highest BCUT2D eigenvalue weighted by Crippen LogP contribution is 2.38. The highest BCUT2D eigenvalue weighted by atomic mass is 16.5. The zero-order valence-electron chi connectivity index (χ0n) is 14.4. The number of nitrogens with one attached hydrogen (secondary N) is 1. The quantitative estimate of drug-likeness (QED) is 0.897. The van der Waals surface area contributed by atoms with Gasteiger partial charge < -0.3 is 15.0 Å². The van der Waals surface area contributed by atoms with Gasteiger partial charge in [0, 0.05) is 31.4 Å². The third-order valence-corrected chi connectivity index (χ3v) is 5.69. The minimum atomic E-state index is -0.476. The zero-order chi connectivity index (χ0) is 17.4. The molecule has 0 unspecified atom stereocenters. The Morgan fingerprint density at radius 3 is 2.84 bits per heavy atom. The Balaban J connectivity index is 1.32. The molecular formula is C18H24N4O3. The number of carbonyl (C=O) groups is 2. The van der Waals surface area contributed by atoms with Crippen LogP contribution in [0.15, 0.2) is 18.6 Å². The van der Waals surface area contributed by atoms with Crippen molar-refractivity contribution in [2.45, 2.75) is 44.8 Å². The fourth-order valence-corrected chi connectivity index (χ4v) is 4.23. The summed E-state index contributed by atoms with van der Waals surface area (Å²) in [4.78, 5) is 34.9. The number of anilines is 1. The molecule has 3 atom stereocenters. The molecule has 1 aromatic rings. The van der Waals surface area contributed by atoms with Gasteiger partial charge in [-0.3, -0.25) is 14.6 Å². The fourth-order valence-electron chi connectivity index (χ4n) is 4.23. The van der Waals surface area contributed by atoms with Gasteiger partial charge in [-0.05, 0) is 37.5 Å². The molecule has 1 N–H and O–H groups in total. The van der Waals surface area contributed by atoms with Crippen LogP contribution in [-0.2, 0) is 14.3 Å². The van der Waals surface area contributed by atoms with Crippen LogP contribution in [0.2, 0.25) is 0 Å². The lowest BCUT2D eigenvalue weighted by Gasteiger charge is -2.40. The second kappa shape index (κ2) is 6.71. The lowest BCUT2D eigenvalue weighted by molar-refractivity contribution is -0.144. The van der Waals surface area contributed by atoms with Gasteiger partial charge in [-0.25, -0.2) is 4.98 Å². The number of piperidine rings is 1. The number of ether oxygens (including phenoxy) is 1. The van der Waals surface area contributed by atoms with Crippen molar-refractivity contribution in [2.75, 3.05) is 18.4 Å². The van der Waals surface area contributed by atoms with Crippen molar-refractivity contribution in [1.82, 2.24) is 14.9 Å². The van der Waals surface area contributed by atoms with Gasteiger partial charge in [-0.15, -0.1) is 0 Å². The Morgan fingerprint density at radius 1 is 1.28 bits per heavy atom. The maximum absolute atomic E-state index is 12.5. The molecule has 2 aliphatic heterocycles. The Bertz CT molecular complexity index is 647. The topological polar surface area (TPSA) is 84.4 Å². The maximum atomic E-state index is 12.5. The second-order valence-electron chi connectivity index (χ2n) is 7.59. The van der Waals surface area contributed by atoms with Gasteiger partial charge in [0.2, 0.25) is 5.91 Å². The molecule has 3 fully saturated rings. The largest absolute Gasteiger partial charge is 0.363 e. The van der Waals surface area contributed by atoms with Crippen LogP contribution in [0.5, 0.6) is 0 Å². The molecule has 3 aliphatic rings. The van der Waals surface area contributed by atoms with Crippen LogP contribution in [0.25, 0.3) is 0 Å². The first kappa shape index (κ1) is 16.4. The third kappa shape index (κ3) is 3.38. The number of aromatic nitrogens is 2. The molecule has 0 aromatic carbocycles. The van der Waals surface area contributed by atoms with Crippen molar-refractivity contribution in [1.29, 1.82) is 0 Å². The molecule has 2 saturated heterocycles. The van der Waals surface area contributed by atoms with Crippen molar-refractivity contribution < 1.29 is 14.3 Å². The van der Waals surface area contributed by atoms with Crippen LogP contribution in [0, 0.1) is 17.8 Å². The van der Waals surface area contributed by atoms with Gasteiger partial charge in [0.05, 0.1) is 12.3 Å². The van der Waals surface area contributed by atoms with Crippen LogP contribution in [0.1, 0.15) is 32.6 Å². The van der Waals surface area contributed by atoms with E-state index in [0.717, 1.165) is 25.8 Å². The second-order valence-corrected chi connectivity index (χ2v) is 7.59. The van der Waals surface area contributed by atoms with E-state index in [1.54, 1.807) is 6.20 Å². The van der Waals surface area contributed by atoms with E-state index in [4.69, 9.17) is 4.74 Å². The summed E-state index contributed by atoms with van der Waals surface area (Å²) in [7, 11) is 0. The van der Waals surface area contributed by atoms with E-state index >= 15 is 0 Å². The lowest BCUT2D eigenvalue weighted by atomic mass is 9.75. The first-order valence-corrected chi connectivity index (χ1v) is 9.11. The van der Waals surface area contributed by atoms with Crippen molar-refractivity contribution in [3.8, 4) is 0 Å². The van der Waals surface area contributed by atoms with E-state index in [0.29, 0.717) is 30.6 Å². The molecule has 3 heterocycles. The monoisotopic (exact) mass is 344 g/mol. The van der Waals surface area contributed by atoms with Crippen LogP contribution in [0.3, 0.4) is 0 Å². The highest BCUT2D eigenvalue weighted by molar-refractivity contribution is 5.93. The number of nitrogens with zero attached hydrogens (tertiary/aromatic N) is 3. The van der Waals surface area contributed by atoms with Crippen molar-refractivity contribution in [3.63, 3.8) is 0 Å². The van der Waals surface area contributed by atoms with Gasteiger partial charge in [0.15, 0.2) is 5.82 Å². The van der Waals surface area contributed by atoms with Crippen LogP contribution in [-0.4, -0.2) is 52.0 Å². The summed E-state index contributed by atoms with van der Waals surface area (Å²) in [6, 6.07) is 0. The fraction of sp³-hybridized carbons (Fsp3) is 0.667. The number of fused-ring (bicyclic) bond motifs is 1. The van der Waals surface area contributed by atoms with E-state index in [9.17, 15) is 9.59 Å². The predicted octanol–water partition coefficient (Wildman–Crippen LogP) is 1.47. The van der Waals surface area contributed by atoms with Gasteiger partial charge in [-0.2, -0.15) is 0 Å². The summed E-state index contributed by atoms with van der Waals surface area (Å²) < 4.78 is 5.98. The van der Waals surface area contributed by atoms with Crippen molar-refractivity contribution in [3.05, 3.63) is 18.6 Å². The third-order valence-electron chi connectivity index (χ3n) is 5.69. The number of hydrogen-bond donors (Lipinski definition) is 1. The minimum absolute atomic E-state index is 0.0344. The Kier molecular flexibility index (Phi) is 4.41. The predicted molar refractivity (Wildman–Crippen MR) is 90.5 cm³/mol. The first-order valence-electron chi connectivity index (χ1n) is 9.11. The number of rotatable bonds is 3. The molecule has 1 saturated carbocycles. The van der Waals surface area contributed by atoms with Crippen molar-refractivity contribution in [2.24, 2.45) is 17.8 Å². The molecule has 7 heteroatoms. The summed E-state index contributed by atoms with van der Waals surface area (Å²) in [6.07, 6.45) is 7.73. The molecule has 2 amide bonds. The molecule has 0 spiro atoms. The van der Waals surface area contributed by atoms with Gasteiger partial charge >= 0.3 is 0 Å². The molecular weight excluding hydrogens is 320 g/mol. The minimum Gasteiger partial charge on any atom is -0.363 e. The van der Waals surface area contributed by atoms with E-state index in [2.05, 4.69) is 22.2 Å². The number of amides is 2. The molecule has 1 aromatic heterocycles. The molecule has 0 bridgehead atoms. The molecule has 1 aliphatic carbocycles. The van der Waals surface area contributed by atoms with Gasteiger partial charge in [0.25, 0.3) is 5.91 Å². The van der Waals surface area contributed by atoms with E-state index in [-0.39, 0.29) is 23.8 Å². The Hall–Kier alpha value is -2.02. The lowest BCUT2D eigenvalue weighted by Crippen LogP contribution is -2.49. The SMILES string of the molecule is CC1CC(C(=O)N2CC[C@H]3C[C@@H](C(=O)Nc4cnccn4)O[C@@H]3C2)C1. The number of likely N-dealkylation sites (tertiary alicyclic amines) is 1. The molecule has 134 valence electrons. The van der Waals surface area contributed by atoms with E-state index in [1.165, 1.54) is 12.4 Å². The van der Waals surface area contributed by atoms with Crippen LogP contribution >= 0.6 is 0 Å². The summed E-state index contributed by atoms with van der Waals surface area (Å²) in [5, 5.41) is 2.75. The van der Waals surface area contributed by atoms with Gasteiger partial charge in [0.1, 0.15) is 6.10 Å². The van der Waals surface area contributed by atoms with Gasteiger partial charge in [-0.1, -0.05) is 6.92 Å². The van der Waals surface area contributed by atoms with Crippen molar-refractivity contribution >= 4 is 17.6 Å². The summed E-state index contributed by atoms with van der Waals surface area (Å²) >= 11 is 0. The number of hydrogen-bond acceptors (Lipinski definition) is 5. The molecule has 0 radical (unpaired) electrons. The first-order chi connectivity index (χ1) is 12.1. The summed E-state index contributed by atoms with van der Waals surface area (Å²) in [5.41, 5.74) is 0. The number of carbonyl (C=O) groups excluding carboxylic acids is 2. The average Bonchev–Trinajstić information content (AvgIpc) is 3.02. The average molecular weight is 344 g/mol.